The largest absolute Gasteiger partial charge is 0.277 e. The van der Waals surface area contributed by atoms with Gasteiger partial charge in [-0.1, -0.05) is 245 Å². The molecule has 0 aliphatic rings. The Kier molecular flexibility index (Phi) is 29.2. The summed E-state index contributed by atoms with van der Waals surface area (Å²) in [5, 5.41) is 4.70. The quantitative estimate of drug-likeness (QED) is 0.107. The van der Waals surface area contributed by atoms with Gasteiger partial charge in [0, 0.05) is 51.4 Å². The van der Waals surface area contributed by atoms with Crippen molar-refractivity contribution in [3.8, 4) is 45.4 Å². The summed E-state index contributed by atoms with van der Waals surface area (Å²) >= 11 is 18.5. The molecule has 0 aliphatic carbocycles. The van der Waals surface area contributed by atoms with Crippen molar-refractivity contribution >= 4 is 100 Å². The molecule has 7 heterocycles. The predicted octanol–water partition coefficient (Wildman–Crippen LogP) is 27.5. The summed E-state index contributed by atoms with van der Waals surface area (Å²) < 4.78 is 62.1. The SMILES string of the molecule is CC(C)c1c(F)c2cccc(Cl)c2c(=O)n1-c1ccccc1.CC(C)c1nc2cccc(Cl)c2c(=O)n1-c1cccc(F)c1.CC(C)c1nc2cccc(F)c2c(=O)n1-c1ccccc1.Cc1ccc2cc(C(C)C)c(-c3cccc(F)c3)nc2c1.Cc1ccc2cc(C(C)C)c(-c3ccccn3)nc2c1.Cc1cccc(-n2c(C(C)C)nc3cccc(Cl)c3c2=O)c1. The maximum Gasteiger partial charge on any atom is 0.268 e. The monoisotopic (exact) mass is 1770 g/mol. The van der Waals surface area contributed by atoms with Crippen LogP contribution in [-0.4, -0.2) is 48.2 Å². The molecule has 18 rings (SSSR count). The molecule has 0 radical (unpaired) electrons. The zero-order chi connectivity index (χ0) is 91.6. The number of halogens is 7. The average Bonchev–Trinajstić information content (AvgIpc) is 0.753. The zero-order valence-corrected chi connectivity index (χ0v) is 76.0. The Morgan fingerprint density at radius 3 is 1.18 bits per heavy atom. The number of para-hydroxylation sites is 2. The molecule has 0 saturated heterocycles. The highest BCUT2D eigenvalue weighted by Crippen LogP contribution is 2.36. The molecule has 0 fully saturated rings. The highest BCUT2D eigenvalue weighted by molar-refractivity contribution is 6.36. The van der Waals surface area contributed by atoms with E-state index in [4.69, 9.17) is 44.8 Å². The van der Waals surface area contributed by atoms with E-state index in [0.29, 0.717) is 83.6 Å². The number of benzene rings is 11. The first kappa shape index (κ1) is 92.3. The van der Waals surface area contributed by atoms with E-state index in [9.17, 15) is 32.3 Å². The Balaban J connectivity index is 0.000000131. The average molecular weight is 1770 g/mol. The molecule has 21 heteroatoms. The van der Waals surface area contributed by atoms with Crippen LogP contribution in [0.1, 0.15) is 170 Å². The van der Waals surface area contributed by atoms with Crippen LogP contribution in [0.15, 0.2) is 298 Å². The lowest BCUT2D eigenvalue weighted by Crippen LogP contribution is -2.25. The highest BCUT2D eigenvalue weighted by atomic mass is 35.5. The van der Waals surface area contributed by atoms with Gasteiger partial charge in [0.05, 0.1) is 98.6 Å². The molecule has 0 unspecified atom stereocenters. The second-order valence-corrected chi connectivity index (χ2v) is 34.3. The van der Waals surface area contributed by atoms with Crippen LogP contribution in [0.25, 0.3) is 111 Å². The first-order valence-electron chi connectivity index (χ1n) is 42.4. The van der Waals surface area contributed by atoms with E-state index < -0.39 is 17.5 Å². The minimum atomic E-state index is -0.537. The van der Waals surface area contributed by atoms with E-state index >= 15 is 4.39 Å². The maximum absolute atomic E-state index is 15.0. The summed E-state index contributed by atoms with van der Waals surface area (Å²) in [5.74, 6) is 1.16. The Bertz CT molecular complexity index is 7260. The van der Waals surface area contributed by atoms with Gasteiger partial charge in [-0.3, -0.25) is 42.4 Å². The van der Waals surface area contributed by atoms with Crippen LogP contribution in [0.2, 0.25) is 15.1 Å². The van der Waals surface area contributed by atoms with Crippen LogP contribution in [0.4, 0.5) is 17.6 Å². The van der Waals surface area contributed by atoms with Crippen LogP contribution in [0, 0.1) is 44.0 Å². The third-order valence-corrected chi connectivity index (χ3v) is 22.4. The molecular formula is C107H97Cl3F4N10O4. The van der Waals surface area contributed by atoms with Gasteiger partial charge in [-0.2, -0.15) is 0 Å². The summed E-state index contributed by atoms with van der Waals surface area (Å²) in [6.07, 6.45) is 1.82. The summed E-state index contributed by atoms with van der Waals surface area (Å²) in [6.45, 7) is 30.4. The molecule has 0 bridgehead atoms. The van der Waals surface area contributed by atoms with Gasteiger partial charge in [0.2, 0.25) is 0 Å². The van der Waals surface area contributed by atoms with Crippen molar-refractivity contribution in [1.82, 2.24) is 48.2 Å². The van der Waals surface area contributed by atoms with Crippen molar-refractivity contribution in [3.63, 3.8) is 0 Å². The van der Waals surface area contributed by atoms with Gasteiger partial charge in [0.15, 0.2) is 5.82 Å². The van der Waals surface area contributed by atoms with E-state index in [1.807, 2.05) is 178 Å². The van der Waals surface area contributed by atoms with Gasteiger partial charge in [-0.05, 0) is 212 Å². The number of aryl methyl sites for hydroxylation is 3. The van der Waals surface area contributed by atoms with E-state index in [-0.39, 0.29) is 72.9 Å². The van der Waals surface area contributed by atoms with Crippen molar-refractivity contribution in [1.29, 1.82) is 0 Å². The minimum Gasteiger partial charge on any atom is -0.277 e. The maximum atomic E-state index is 15.0. The van der Waals surface area contributed by atoms with Crippen LogP contribution >= 0.6 is 34.8 Å². The summed E-state index contributed by atoms with van der Waals surface area (Å²) in [6, 6.07) is 81.7. The molecular weight excluding hydrogens is 1670 g/mol. The Morgan fingerprint density at radius 2 is 0.703 bits per heavy atom. The molecule has 648 valence electrons. The standard InChI is InChI=1S/C19H18FN.C18H15ClFNO.C18H17ClN2O.C18H18N2.C17H14ClFN2O.C17H15FN2O/c1-12(2)17-11-14-8-7-13(3)9-18(14)21-19(17)15-5-4-6-16(20)10-15;1-11(2)17-16(20)13-9-6-10-14(19)15(13)18(22)21(17)12-7-4-3-5-8-12;1-11(2)17-20-15-9-5-8-14(19)16(15)18(22)21(17)13-7-4-6-12(3)10-13;1-12(2)15-11-14-8-7-13(3)10-17(14)20-18(15)16-6-4-5-9-19-16;1-10(2)16-20-14-8-4-7-13(18)15(14)17(22)21(16)12-6-3-5-11(19)9-12;1-11(2)16-19-14-10-6-9-13(18)15(14)17(21)20(16)12-7-4-3-5-8-12/h4-12H,1-3H3;3-11H,1-2H3;4-11H,1-3H3;4-12H,1-3H3;3-10H,1-2H3;3-11H,1-2H3. The lowest BCUT2D eigenvalue weighted by molar-refractivity contribution is 0.581. The van der Waals surface area contributed by atoms with Gasteiger partial charge >= 0.3 is 0 Å². The molecule has 14 nitrogen and oxygen atoms in total. The number of hydrogen-bond donors (Lipinski definition) is 0. The predicted molar refractivity (Wildman–Crippen MR) is 517 cm³/mol. The number of aromatic nitrogens is 10. The molecule has 0 atom stereocenters. The zero-order valence-electron chi connectivity index (χ0n) is 73.8. The minimum absolute atomic E-state index is 0.000603. The van der Waals surface area contributed by atoms with Crippen LogP contribution in [-0.2, 0) is 0 Å². The number of pyridine rings is 4. The first-order chi connectivity index (χ1) is 61.3. The molecule has 0 N–H and O–H groups in total. The molecule has 0 spiro atoms. The molecule has 11 aromatic carbocycles. The smallest absolute Gasteiger partial charge is 0.268 e. The topological polar surface area (TPSA) is 165 Å². The molecule has 18 aromatic rings. The number of fused-ring (bicyclic) bond motifs is 6. The van der Waals surface area contributed by atoms with E-state index in [0.717, 1.165) is 61.7 Å². The van der Waals surface area contributed by atoms with Gasteiger partial charge in [-0.25, -0.2) is 42.5 Å². The fourth-order valence-corrected chi connectivity index (χ4v) is 16.0. The van der Waals surface area contributed by atoms with Gasteiger partial charge < -0.3 is 0 Å². The van der Waals surface area contributed by atoms with Crippen molar-refractivity contribution in [3.05, 3.63) is 410 Å². The van der Waals surface area contributed by atoms with Crippen molar-refractivity contribution in [2.45, 2.75) is 139 Å². The summed E-state index contributed by atoms with van der Waals surface area (Å²) in [7, 11) is 0. The molecule has 0 aliphatic heterocycles. The van der Waals surface area contributed by atoms with Crippen molar-refractivity contribution < 1.29 is 17.6 Å². The van der Waals surface area contributed by atoms with Crippen molar-refractivity contribution in [2.24, 2.45) is 0 Å². The molecule has 128 heavy (non-hydrogen) atoms. The second-order valence-electron chi connectivity index (χ2n) is 33.1. The van der Waals surface area contributed by atoms with Crippen LogP contribution < -0.4 is 22.2 Å². The molecule has 0 amide bonds. The first-order valence-corrected chi connectivity index (χ1v) is 43.5. The third kappa shape index (κ3) is 20.3. The number of nitrogens with zero attached hydrogens (tertiary/aromatic N) is 10. The molecule has 7 aromatic heterocycles. The Morgan fingerprint density at radius 1 is 0.305 bits per heavy atom. The normalized spacial score (nSPS) is 11.3. The van der Waals surface area contributed by atoms with Crippen molar-refractivity contribution in [2.75, 3.05) is 0 Å². The number of hydrogen-bond acceptors (Lipinski definition) is 10. The number of rotatable bonds is 12. The molecule has 0 saturated carbocycles. The highest BCUT2D eigenvalue weighted by Gasteiger charge is 2.25. The Hall–Kier alpha value is -13.4. The lowest BCUT2D eigenvalue weighted by Gasteiger charge is -2.19. The second kappa shape index (κ2) is 40.5. The van der Waals surface area contributed by atoms with Gasteiger partial charge in [0.25, 0.3) is 22.2 Å². The van der Waals surface area contributed by atoms with Gasteiger partial charge in [0.1, 0.15) is 40.3 Å². The van der Waals surface area contributed by atoms with E-state index in [1.165, 1.54) is 60.0 Å². The van der Waals surface area contributed by atoms with Crippen LogP contribution in [0.3, 0.4) is 0 Å². The van der Waals surface area contributed by atoms with Gasteiger partial charge in [-0.15, -0.1) is 0 Å². The van der Waals surface area contributed by atoms with E-state index in [2.05, 4.69) is 110 Å². The third-order valence-electron chi connectivity index (χ3n) is 21.5. The lowest BCUT2D eigenvalue weighted by atomic mass is 9.95. The fourth-order valence-electron chi connectivity index (χ4n) is 15.3. The fraction of sp³-hybridized carbons (Fsp3) is 0.196. The Labute approximate surface area is 755 Å². The summed E-state index contributed by atoms with van der Waals surface area (Å²) in [4.78, 5) is 79.5. The summed E-state index contributed by atoms with van der Waals surface area (Å²) in [5.41, 5.74) is 15.0. The van der Waals surface area contributed by atoms with E-state index in [1.54, 1.807) is 95.6 Å². The van der Waals surface area contributed by atoms with Crippen LogP contribution in [0.5, 0.6) is 0 Å².